The van der Waals surface area contributed by atoms with E-state index in [0.717, 1.165) is 5.69 Å². The Labute approximate surface area is 151 Å². The molecule has 1 atom stereocenters. The molecule has 0 aromatic heterocycles. The molecule has 134 valence electrons. The van der Waals surface area contributed by atoms with Crippen LogP contribution in [0.25, 0.3) is 0 Å². The van der Waals surface area contributed by atoms with Crippen molar-refractivity contribution in [1.82, 2.24) is 5.32 Å². The van der Waals surface area contributed by atoms with Crippen LogP contribution in [0.2, 0.25) is 0 Å². The molecule has 8 heteroatoms. The number of nitrogens with zero attached hydrogens (tertiary/aromatic N) is 2. The van der Waals surface area contributed by atoms with Crippen LogP contribution in [0.4, 0.5) is 11.4 Å². The molecule has 0 aliphatic carbocycles. The summed E-state index contributed by atoms with van der Waals surface area (Å²) in [5.41, 5.74) is 1.49. The lowest BCUT2D eigenvalue weighted by molar-refractivity contribution is -0.141. The number of anilines is 2. The number of nitrogens with one attached hydrogen (secondary N) is 2. The van der Waals surface area contributed by atoms with Crippen molar-refractivity contribution in [2.45, 2.75) is 12.5 Å². The molecule has 0 aliphatic rings. The zero-order chi connectivity index (χ0) is 18.8. The van der Waals surface area contributed by atoms with Crippen LogP contribution < -0.4 is 15.5 Å². The zero-order valence-corrected chi connectivity index (χ0v) is 15.3. The molecule has 0 heterocycles. The number of aliphatic carboxylic acids is 1. The van der Waals surface area contributed by atoms with Gasteiger partial charge in [-0.25, -0.2) is 4.79 Å². The van der Waals surface area contributed by atoms with E-state index in [-0.39, 0.29) is 5.57 Å². The predicted octanol–water partition coefficient (Wildman–Crippen LogP) is 1.89. The van der Waals surface area contributed by atoms with Crippen molar-refractivity contribution < 1.29 is 14.7 Å². The number of rotatable bonds is 9. The van der Waals surface area contributed by atoms with Gasteiger partial charge in [0, 0.05) is 31.7 Å². The summed E-state index contributed by atoms with van der Waals surface area (Å²) in [5, 5.41) is 23.6. The largest absolute Gasteiger partial charge is 0.480 e. The van der Waals surface area contributed by atoms with Gasteiger partial charge in [0.25, 0.3) is 5.91 Å². The number of carboxylic acid groups (broad SMARTS) is 1. The van der Waals surface area contributed by atoms with Gasteiger partial charge in [-0.1, -0.05) is 6.07 Å². The highest BCUT2D eigenvalue weighted by atomic mass is 32.2. The molecule has 1 aromatic carbocycles. The Bertz CT molecular complexity index is 683. The lowest BCUT2D eigenvalue weighted by Gasteiger charge is -2.14. The summed E-state index contributed by atoms with van der Waals surface area (Å²) < 4.78 is 0. The van der Waals surface area contributed by atoms with E-state index in [1.807, 2.05) is 43.5 Å². The van der Waals surface area contributed by atoms with Crippen LogP contribution in [0.5, 0.6) is 0 Å². The molecule has 0 fully saturated rings. The second kappa shape index (κ2) is 10.3. The van der Waals surface area contributed by atoms with Gasteiger partial charge in [0.15, 0.2) is 0 Å². The molecule has 25 heavy (non-hydrogen) atoms. The number of amides is 1. The highest BCUT2D eigenvalue weighted by molar-refractivity contribution is 7.98. The third kappa shape index (κ3) is 6.77. The van der Waals surface area contributed by atoms with Crippen molar-refractivity contribution in [3.63, 3.8) is 0 Å². The number of carboxylic acids is 1. The van der Waals surface area contributed by atoms with Crippen LogP contribution in [0, 0.1) is 11.3 Å². The molecular weight excluding hydrogens is 340 g/mol. The van der Waals surface area contributed by atoms with Crippen molar-refractivity contribution in [3.05, 3.63) is 36.0 Å². The Morgan fingerprint density at radius 1 is 1.44 bits per heavy atom. The summed E-state index contributed by atoms with van der Waals surface area (Å²) in [6.45, 7) is 0. The number of hydrogen-bond acceptors (Lipinski definition) is 6. The van der Waals surface area contributed by atoms with Crippen LogP contribution in [-0.4, -0.2) is 49.1 Å². The topological polar surface area (TPSA) is 105 Å². The minimum absolute atomic E-state index is 0.189. The van der Waals surface area contributed by atoms with Gasteiger partial charge in [-0.15, -0.1) is 0 Å². The van der Waals surface area contributed by atoms with E-state index in [1.54, 1.807) is 12.1 Å². The summed E-state index contributed by atoms with van der Waals surface area (Å²) in [7, 11) is 3.81. The Morgan fingerprint density at radius 3 is 2.72 bits per heavy atom. The highest BCUT2D eigenvalue weighted by Gasteiger charge is 2.21. The first-order valence-electron chi connectivity index (χ1n) is 7.55. The fraction of sp³-hybridized carbons (Fsp3) is 0.353. The molecule has 0 bridgehead atoms. The SMILES string of the molecule is CSCCC(NC(=O)/C(C#N)=C\Nc1cccc(N(C)C)c1)C(=O)O. The second-order valence-corrected chi connectivity index (χ2v) is 6.39. The van der Waals surface area contributed by atoms with Gasteiger partial charge >= 0.3 is 5.97 Å². The Hall–Kier alpha value is -2.66. The Morgan fingerprint density at radius 2 is 2.16 bits per heavy atom. The molecule has 0 radical (unpaired) electrons. The van der Waals surface area contributed by atoms with Gasteiger partial charge < -0.3 is 20.6 Å². The maximum Gasteiger partial charge on any atom is 0.326 e. The summed E-state index contributed by atoms with van der Waals surface area (Å²) in [4.78, 5) is 25.2. The monoisotopic (exact) mass is 362 g/mol. The van der Waals surface area contributed by atoms with Crippen LogP contribution >= 0.6 is 11.8 Å². The lowest BCUT2D eigenvalue weighted by Crippen LogP contribution is -2.41. The highest BCUT2D eigenvalue weighted by Crippen LogP contribution is 2.17. The molecule has 3 N–H and O–H groups in total. The van der Waals surface area contributed by atoms with Gasteiger partial charge in [-0.2, -0.15) is 17.0 Å². The third-order valence-electron chi connectivity index (χ3n) is 3.32. The summed E-state index contributed by atoms with van der Waals surface area (Å²) in [5.74, 6) is -1.24. The summed E-state index contributed by atoms with van der Waals surface area (Å²) in [6, 6.07) is 8.21. The maximum absolute atomic E-state index is 12.1. The molecule has 7 nitrogen and oxygen atoms in total. The van der Waals surface area contributed by atoms with Crippen molar-refractivity contribution in [3.8, 4) is 6.07 Å². The average Bonchev–Trinajstić information content (AvgIpc) is 2.59. The molecule has 1 aromatic rings. The number of nitriles is 1. The molecule has 0 spiro atoms. The van der Waals surface area contributed by atoms with E-state index >= 15 is 0 Å². The van der Waals surface area contributed by atoms with Crippen molar-refractivity contribution in [2.24, 2.45) is 0 Å². The van der Waals surface area contributed by atoms with Gasteiger partial charge in [-0.3, -0.25) is 4.79 Å². The fourth-order valence-corrected chi connectivity index (χ4v) is 2.38. The lowest BCUT2D eigenvalue weighted by atomic mass is 10.2. The third-order valence-corrected chi connectivity index (χ3v) is 3.97. The Balaban J connectivity index is 2.81. The number of thioether (sulfide) groups is 1. The van der Waals surface area contributed by atoms with Crippen LogP contribution in [0.3, 0.4) is 0 Å². The Kier molecular flexibility index (Phi) is 8.36. The predicted molar refractivity (Wildman–Crippen MR) is 101 cm³/mol. The molecule has 1 unspecified atom stereocenters. The van der Waals surface area contributed by atoms with Gasteiger partial charge in [0.2, 0.25) is 0 Å². The number of hydrogen-bond donors (Lipinski definition) is 3. The minimum Gasteiger partial charge on any atom is -0.480 e. The molecule has 0 saturated carbocycles. The molecule has 1 amide bonds. The zero-order valence-electron chi connectivity index (χ0n) is 14.4. The van der Waals surface area contributed by atoms with Crippen LogP contribution in [0.1, 0.15) is 6.42 Å². The summed E-state index contributed by atoms with van der Waals surface area (Å²) in [6.07, 6.45) is 3.42. The maximum atomic E-state index is 12.1. The van der Waals surface area contributed by atoms with Crippen LogP contribution in [-0.2, 0) is 9.59 Å². The van der Waals surface area contributed by atoms with E-state index in [2.05, 4.69) is 10.6 Å². The first kappa shape index (κ1) is 20.4. The minimum atomic E-state index is -1.12. The number of carbonyl (C=O) groups excluding carboxylic acids is 1. The normalized spacial score (nSPS) is 12.0. The van der Waals surface area contributed by atoms with Crippen molar-refractivity contribution >= 4 is 35.0 Å². The molecule has 0 aliphatic heterocycles. The van der Waals surface area contributed by atoms with Gasteiger partial charge in [0.05, 0.1) is 0 Å². The molecular formula is C17H22N4O3S. The van der Waals surface area contributed by atoms with E-state index in [0.29, 0.717) is 17.9 Å². The van der Waals surface area contributed by atoms with Crippen molar-refractivity contribution in [1.29, 1.82) is 5.26 Å². The van der Waals surface area contributed by atoms with E-state index in [9.17, 15) is 9.59 Å². The van der Waals surface area contributed by atoms with Gasteiger partial charge in [-0.05, 0) is 36.6 Å². The smallest absolute Gasteiger partial charge is 0.326 e. The standard InChI is InChI=1S/C17H22N4O3S/c1-21(2)14-6-4-5-13(9-14)19-11-12(10-18)16(22)20-15(17(23)24)7-8-25-3/h4-6,9,11,15,19H,7-8H2,1-3H3,(H,20,22)(H,23,24)/b12-11-. The number of carbonyl (C=O) groups is 2. The number of benzene rings is 1. The van der Waals surface area contributed by atoms with E-state index < -0.39 is 17.9 Å². The first-order chi connectivity index (χ1) is 11.9. The van der Waals surface area contributed by atoms with E-state index in [4.69, 9.17) is 10.4 Å². The van der Waals surface area contributed by atoms with E-state index in [1.165, 1.54) is 18.0 Å². The molecule has 0 saturated heterocycles. The first-order valence-corrected chi connectivity index (χ1v) is 8.95. The quantitative estimate of drug-likeness (QED) is 0.455. The average molecular weight is 362 g/mol. The fourth-order valence-electron chi connectivity index (χ4n) is 1.91. The summed E-state index contributed by atoms with van der Waals surface area (Å²) >= 11 is 1.49. The second-order valence-electron chi connectivity index (χ2n) is 5.40. The van der Waals surface area contributed by atoms with Crippen molar-refractivity contribution in [2.75, 3.05) is 36.3 Å². The van der Waals surface area contributed by atoms with Crippen LogP contribution in [0.15, 0.2) is 36.0 Å². The van der Waals surface area contributed by atoms with Gasteiger partial charge in [0.1, 0.15) is 17.7 Å². The molecule has 1 rings (SSSR count).